The van der Waals surface area contributed by atoms with Crippen molar-refractivity contribution >= 4 is 23.2 Å². The average molecular weight is 348 g/mol. The van der Waals surface area contributed by atoms with E-state index in [9.17, 15) is 14.7 Å². The third kappa shape index (κ3) is 2.92. The molecule has 0 aliphatic carbocycles. The Morgan fingerprint density at radius 3 is 2.83 bits per heavy atom. The van der Waals surface area contributed by atoms with Gasteiger partial charge in [0.1, 0.15) is 16.2 Å². The van der Waals surface area contributed by atoms with Crippen LogP contribution in [0.25, 0.3) is 10.6 Å². The van der Waals surface area contributed by atoms with E-state index < -0.39 is 17.4 Å². The van der Waals surface area contributed by atoms with Crippen LogP contribution in [0.3, 0.4) is 0 Å². The van der Waals surface area contributed by atoms with Gasteiger partial charge in [0.25, 0.3) is 5.91 Å². The lowest BCUT2D eigenvalue weighted by atomic mass is 9.99. The number of hydrogen-bond donors (Lipinski definition) is 2. The van der Waals surface area contributed by atoms with E-state index in [-0.39, 0.29) is 18.9 Å². The third-order valence-electron chi connectivity index (χ3n) is 3.92. The summed E-state index contributed by atoms with van der Waals surface area (Å²) in [5, 5.41) is 14.0. The van der Waals surface area contributed by atoms with E-state index in [1.165, 1.54) is 18.3 Å². The first-order chi connectivity index (χ1) is 11.4. The fraction of sp³-hybridized carbons (Fsp3) is 0.312. The minimum absolute atomic E-state index is 0.189. The van der Waals surface area contributed by atoms with E-state index in [0.717, 1.165) is 5.56 Å². The van der Waals surface area contributed by atoms with Gasteiger partial charge in [-0.1, -0.05) is 6.92 Å². The number of carboxylic acid groups (broad SMARTS) is 1. The Kier molecular flexibility index (Phi) is 4.15. The van der Waals surface area contributed by atoms with Crippen LogP contribution >= 0.6 is 11.3 Å². The van der Waals surface area contributed by atoms with Crippen molar-refractivity contribution in [2.75, 3.05) is 6.79 Å². The van der Waals surface area contributed by atoms with Crippen LogP contribution < -0.4 is 14.8 Å². The summed E-state index contributed by atoms with van der Waals surface area (Å²) in [5.74, 6) is -0.277. The summed E-state index contributed by atoms with van der Waals surface area (Å²) in [4.78, 5) is 27.9. The Bertz CT molecular complexity index is 804. The van der Waals surface area contributed by atoms with Gasteiger partial charge in [-0.05, 0) is 31.5 Å². The number of nitrogens with one attached hydrogen (secondary N) is 1. The highest BCUT2D eigenvalue weighted by Gasteiger charge is 2.33. The topological polar surface area (TPSA) is 97.8 Å². The van der Waals surface area contributed by atoms with Gasteiger partial charge in [-0.25, -0.2) is 9.78 Å². The Hall–Kier alpha value is -2.61. The smallest absolute Gasteiger partial charge is 0.329 e. The molecule has 1 aromatic heterocycles. The van der Waals surface area contributed by atoms with E-state index in [1.807, 2.05) is 6.07 Å². The number of aliphatic carboxylic acids is 1. The molecule has 1 amide bonds. The molecule has 3 rings (SSSR count). The van der Waals surface area contributed by atoms with E-state index in [2.05, 4.69) is 10.3 Å². The maximum Gasteiger partial charge on any atom is 0.329 e. The van der Waals surface area contributed by atoms with Gasteiger partial charge >= 0.3 is 5.97 Å². The van der Waals surface area contributed by atoms with Gasteiger partial charge in [0.05, 0.1) is 0 Å². The number of carbonyl (C=O) groups is 2. The minimum Gasteiger partial charge on any atom is -0.480 e. The molecule has 7 nitrogen and oxygen atoms in total. The van der Waals surface area contributed by atoms with E-state index in [0.29, 0.717) is 16.5 Å². The number of fused-ring (bicyclic) bond motifs is 1. The number of rotatable bonds is 5. The standard InChI is InChI=1S/C16H16N2O5S/c1-3-16(2,15(20)21)18-13(19)10-7-24-14(17-10)9-4-5-11-12(6-9)23-8-22-11/h4-7H,3,8H2,1-2H3,(H,18,19)(H,20,21). The van der Waals surface area contributed by atoms with Gasteiger partial charge in [-0.15, -0.1) is 11.3 Å². The SMILES string of the molecule is CCC(C)(NC(=O)c1csc(-c2ccc3c(c2)OCO3)n1)C(=O)O. The zero-order valence-corrected chi connectivity index (χ0v) is 14.0. The van der Waals surface area contributed by atoms with Crippen molar-refractivity contribution in [1.29, 1.82) is 0 Å². The minimum atomic E-state index is -1.32. The second-order valence-corrected chi connectivity index (χ2v) is 6.41. The number of aromatic nitrogens is 1. The Balaban J connectivity index is 1.80. The van der Waals surface area contributed by atoms with Crippen LogP contribution in [0.15, 0.2) is 23.6 Å². The molecule has 1 atom stereocenters. The fourth-order valence-electron chi connectivity index (χ4n) is 2.15. The maximum absolute atomic E-state index is 12.3. The van der Waals surface area contributed by atoms with Crippen LogP contribution in [-0.4, -0.2) is 34.3 Å². The van der Waals surface area contributed by atoms with Crippen molar-refractivity contribution in [1.82, 2.24) is 10.3 Å². The van der Waals surface area contributed by atoms with Gasteiger partial charge in [0.2, 0.25) is 6.79 Å². The number of carbonyl (C=O) groups excluding carboxylic acids is 1. The molecule has 1 aliphatic heterocycles. The van der Waals surface area contributed by atoms with Crippen molar-refractivity contribution in [3.8, 4) is 22.1 Å². The predicted octanol–water partition coefficient (Wildman–Crippen LogP) is 2.52. The van der Waals surface area contributed by atoms with Crippen LogP contribution in [0.2, 0.25) is 0 Å². The van der Waals surface area contributed by atoms with Crippen molar-refractivity contribution < 1.29 is 24.2 Å². The molecule has 2 heterocycles. The van der Waals surface area contributed by atoms with E-state index >= 15 is 0 Å². The molecule has 1 unspecified atom stereocenters. The van der Waals surface area contributed by atoms with Gasteiger partial charge < -0.3 is 19.9 Å². The molecule has 2 N–H and O–H groups in total. The number of nitrogens with zero attached hydrogens (tertiary/aromatic N) is 1. The van der Waals surface area contributed by atoms with E-state index in [4.69, 9.17) is 9.47 Å². The average Bonchev–Trinajstić information content (AvgIpc) is 3.22. The van der Waals surface area contributed by atoms with Crippen molar-refractivity contribution in [3.63, 3.8) is 0 Å². The Morgan fingerprint density at radius 1 is 1.38 bits per heavy atom. The molecular weight excluding hydrogens is 332 g/mol. The van der Waals surface area contributed by atoms with Crippen LogP contribution in [0, 0.1) is 0 Å². The highest BCUT2D eigenvalue weighted by molar-refractivity contribution is 7.13. The summed E-state index contributed by atoms with van der Waals surface area (Å²) < 4.78 is 10.6. The first-order valence-corrected chi connectivity index (χ1v) is 8.22. The number of carboxylic acids is 1. The van der Waals surface area contributed by atoms with E-state index in [1.54, 1.807) is 24.4 Å². The first kappa shape index (κ1) is 16.3. The number of ether oxygens (including phenoxy) is 2. The van der Waals surface area contributed by atoms with Crippen LogP contribution in [0.5, 0.6) is 11.5 Å². The Labute approximate surface area is 142 Å². The third-order valence-corrected chi connectivity index (χ3v) is 4.82. The lowest BCUT2D eigenvalue weighted by Crippen LogP contribution is -2.51. The molecule has 0 saturated heterocycles. The van der Waals surface area contributed by atoms with Gasteiger partial charge in [-0.2, -0.15) is 0 Å². The molecule has 1 aromatic carbocycles. The van der Waals surface area contributed by atoms with Crippen molar-refractivity contribution in [2.45, 2.75) is 25.8 Å². The lowest BCUT2D eigenvalue weighted by Gasteiger charge is -2.23. The monoisotopic (exact) mass is 348 g/mol. The molecule has 0 bridgehead atoms. The molecule has 0 spiro atoms. The number of hydrogen-bond acceptors (Lipinski definition) is 6. The highest BCUT2D eigenvalue weighted by Crippen LogP contribution is 2.36. The summed E-state index contributed by atoms with van der Waals surface area (Å²) in [6.07, 6.45) is 0.271. The number of benzene rings is 1. The highest BCUT2D eigenvalue weighted by atomic mass is 32.1. The van der Waals surface area contributed by atoms with Gasteiger partial charge in [0.15, 0.2) is 11.5 Å². The molecule has 1 aliphatic rings. The molecule has 8 heteroatoms. The Morgan fingerprint density at radius 2 is 2.12 bits per heavy atom. The van der Waals surface area contributed by atoms with Crippen LogP contribution in [0.4, 0.5) is 0 Å². The van der Waals surface area contributed by atoms with Crippen LogP contribution in [-0.2, 0) is 4.79 Å². The summed E-state index contributed by atoms with van der Waals surface area (Å²) in [7, 11) is 0. The maximum atomic E-state index is 12.3. The quantitative estimate of drug-likeness (QED) is 0.862. The second kappa shape index (κ2) is 6.12. The van der Waals surface area contributed by atoms with Crippen molar-refractivity contribution in [2.24, 2.45) is 0 Å². The molecule has 126 valence electrons. The lowest BCUT2D eigenvalue weighted by molar-refractivity contribution is -0.143. The molecule has 24 heavy (non-hydrogen) atoms. The van der Waals surface area contributed by atoms with Crippen molar-refractivity contribution in [3.05, 3.63) is 29.3 Å². The summed E-state index contributed by atoms with van der Waals surface area (Å²) >= 11 is 1.30. The molecular formula is C16H16N2O5S. The number of thiazole rings is 1. The largest absolute Gasteiger partial charge is 0.480 e. The summed E-state index contributed by atoms with van der Waals surface area (Å²) in [6, 6.07) is 5.43. The molecule has 0 radical (unpaired) electrons. The van der Waals surface area contributed by atoms with Gasteiger partial charge in [0, 0.05) is 10.9 Å². The van der Waals surface area contributed by atoms with Crippen LogP contribution in [0.1, 0.15) is 30.8 Å². The molecule has 0 saturated carbocycles. The second-order valence-electron chi connectivity index (χ2n) is 5.55. The first-order valence-electron chi connectivity index (χ1n) is 7.34. The zero-order valence-electron chi connectivity index (χ0n) is 13.2. The summed E-state index contributed by atoms with van der Waals surface area (Å²) in [5.41, 5.74) is -0.326. The zero-order chi connectivity index (χ0) is 17.3. The summed E-state index contributed by atoms with van der Waals surface area (Å²) in [6.45, 7) is 3.36. The predicted molar refractivity (Wildman–Crippen MR) is 87.5 cm³/mol. The number of amides is 1. The fourth-order valence-corrected chi connectivity index (χ4v) is 2.94. The molecule has 2 aromatic rings. The normalized spacial score (nSPS) is 14.9. The van der Waals surface area contributed by atoms with Gasteiger partial charge in [-0.3, -0.25) is 4.79 Å². The molecule has 0 fully saturated rings.